The van der Waals surface area contributed by atoms with E-state index in [0.717, 1.165) is 19.4 Å². The summed E-state index contributed by atoms with van der Waals surface area (Å²) >= 11 is 5.72. The summed E-state index contributed by atoms with van der Waals surface area (Å²) < 4.78 is 13.4. The molecule has 0 saturated carbocycles. The number of aromatic hydroxyl groups is 1. The van der Waals surface area contributed by atoms with Crippen molar-refractivity contribution in [2.75, 3.05) is 6.54 Å². The Labute approximate surface area is 86.7 Å². The first-order valence-corrected chi connectivity index (χ1v) is 4.98. The van der Waals surface area contributed by atoms with Crippen molar-refractivity contribution in [3.63, 3.8) is 0 Å². The number of halogens is 2. The third kappa shape index (κ3) is 1.57. The van der Waals surface area contributed by atoms with Crippen molar-refractivity contribution in [1.29, 1.82) is 0 Å². The Morgan fingerprint density at radius 3 is 2.93 bits per heavy atom. The number of hydrogen-bond acceptors (Lipinski definition) is 2. The van der Waals surface area contributed by atoms with Gasteiger partial charge < -0.3 is 10.4 Å². The van der Waals surface area contributed by atoms with Crippen LogP contribution in [-0.4, -0.2) is 11.7 Å². The van der Waals surface area contributed by atoms with Gasteiger partial charge in [-0.25, -0.2) is 4.39 Å². The average Bonchev–Trinajstić information content (AvgIpc) is 2.65. The van der Waals surface area contributed by atoms with Gasteiger partial charge >= 0.3 is 0 Å². The fraction of sp³-hybridized carbons (Fsp3) is 0.400. The van der Waals surface area contributed by atoms with Crippen LogP contribution in [0.15, 0.2) is 12.1 Å². The van der Waals surface area contributed by atoms with Crippen LogP contribution in [0, 0.1) is 5.82 Å². The van der Waals surface area contributed by atoms with Crippen LogP contribution >= 0.6 is 11.6 Å². The molecule has 1 atom stereocenters. The summed E-state index contributed by atoms with van der Waals surface area (Å²) in [6, 6.07) is 2.55. The van der Waals surface area contributed by atoms with Crippen molar-refractivity contribution in [3.05, 3.63) is 28.5 Å². The van der Waals surface area contributed by atoms with E-state index in [9.17, 15) is 9.50 Å². The van der Waals surface area contributed by atoms with Gasteiger partial charge in [0.25, 0.3) is 0 Å². The minimum atomic E-state index is -0.397. The average molecular weight is 216 g/mol. The number of phenols is 1. The van der Waals surface area contributed by atoms with Crippen LogP contribution < -0.4 is 5.32 Å². The van der Waals surface area contributed by atoms with Crippen LogP contribution in [0.1, 0.15) is 24.4 Å². The zero-order valence-electron chi connectivity index (χ0n) is 7.56. The predicted octanol–water partition coefficient (Wildman–Crippen LogP) is 2.61. The van der Waals surface area contributed by atoms with Gasteiger partial charge in [-0.1, -0.05) is 11.6 Å². The van der Waals surface area contributed by atoms with Crippen LogP contribution in [0.4, 0.5) is 4.39 Å². The Morgan fingerprint density at radius 1 is 1.50 bits per heavy atom. The molecule has 1 fully saturated rings. The first kappa shape index (κ1) is 9.74. The minimum absolute atomic E-state index is 0.103. The number of rotatable bonds is 1. The third-order valence-corrected chi connectivity index (χ3v) is 2.83. The lowest BCUT2D eigenvalue weighted by atomic mass is 10.0. The van der Waals surface area contributed by atoms with Gasteiger partial charge in [0.15, 0.2) is 0 Å². The van der Waals surface area contributed by atoms with Crippen molar-refractivity contribution in [2.24, 2.45) is 0 Å². The molecule has 0 amide bonds. The van der Waals surface area contributed by atoms with Gasteiger partial charge in [-0.05, 0) is 31.5 Å². The van der Waals surface area contributed by atoms with Gasteiger partial charge in [-0.15, -0.1) is 0 Å². The summed E-state index contributed by atoms with van der Waals surface area (Å²) in [5.41, 5.74) is 0.301. The summed E-state index contributed by atoms with van der Waals surface area (Å²) in [5.74, 6) is -0.530. The van der Waals surface area contributed by atoms with Crippen molar-refractivity contribution in [2.45, 2.75) is 18.9 Å². The Morgan fingerprint density at radius 2 is 2.29 bits per heavy atom. The van der Waals surface area contributed by atoms with Crippen molar-refractivity contribution in [1.82, 2.24) is 5.32 Å². The maximum absolute atomic E-state index is 13.4. The highest BCUT2D eigenvalue weighted by molar-refractivity contribution is 6.32. The summed E-state index contributed by atoms with van der Waals surface area (Å²) in [6.45, 7) is 0.857. The van der Waals surface area contributed by atoms with E-state index < -0.39 is 5.82 Å². The number of phenolic OH excluding ortho intramolecular Hbond substituents is 1. The lowest BCUT2D eigenvalue weighted by molar-refractivity contribution is 0.443. The molecule has 0 unspecified atom stereocenters. The van der Waals surface area contributed by atoms with Crippen LogP contribution in [0.2, 0.25) is 5.02 Å². The highest BCUT2D eigenvalue weighted by Gasteiger charge is 2.24. The molecule has 0 bridgehead atoms. The summed E-state index contributed by atoms with van der Waals surface area (Å²) in [6.07, 6.45) is 1.83. The summed E-state index contributed by atoms with van der Waals surface area (Å²) in [5, 5.41) is 13.0. The second kappa shape index (κ2) is 3.75. The van der Waals surface area contributed by atoms with E-state index in [1.165, 1.54) is 12.1 Å². The van der Waals surface area contributed by atoms with Crippen LogP contribution in [0.5, 0.6) is 5.75 Å². The molecule has 14 heavy (non-hydrogen) atoms. The molecule has 1 heterocycles. The Bertz CT molecular complexity index is 350. The molecule has 0 aromatic heterocycles. The van der Waals surface area contributed by atoms with Gasteiger partial charge in [0, 0.05) is 11.6 Å². The molecule has 1 aliphatic rings. The maximum atomic E-state index is 13.4. The molecule has 2 rings (SSSR count). The molecule has 4 heteroatoms. The standard InChI is InChI=1S/C10H11ClFNO/c11-6-3-4-7(12)9(10(6)14)8-2-1-5-13-8/h3-4,8,13-14H,1-2,5H2/t8-/m0/s1. The first-order chi connectivity index (χ1) is 6.70. The van der Waals surface area contributed by atoms with Crippen LogP contribution in [0.3, 0.4) is 0 Å². The molecule has 1 saturated heterocycles. The molecular formula is C10H11ClFNO. The minimum Gasteiger partial charge on any atom is -0.506 e. The third-order valence-electron chi connectivity index (χ3n) is 2.52. The topological polar surface area (TPSA) is 32.3 Å². The number of benzene rings is 1. The van der Waals surface area contributed by atoms with E-state index >= 15 is 0 Å². The second-order valence-corrected chi connectivity index (χ2v) is 3.85. The van der Waals surface area contributed by atoms with Gasteiger partial charge in [0.1, 0.15) is 11.6 Å². The quantitative estimate of drug-likeness (QED) is 0.755. The molecule has 1 aromatic rings. The Hall–Kier alpha value is -0.800. The molecule has 0 aliphatic carbocycles. The van der Waals surface area contributed by atoms with E-state index in [1.807, 2.05) is 0 Å². The second-order valence-electron chi connectivity index (χ2n) is 3.44. The van der Waals surface area contributed by atoms with Gasteiger partial charge in [-0.3, -0.25) is 0 Å². The zero-order chi connectivity index (χ0) is 10.1. The van der Waals surface area contributed by atoms with E-state index in [-0.39, 0.29) is 16.8 Å². The maximum Gasteiger partial charge on any atom is 0.141 e. The van der Waals surface area contributed by atoms with Gasteiger partial charge in [0.2, 0.25) is 0 Å². The molecule has 1 aliphatic heterocycles. The largest absolute Gasteiger partial charge is 0.506 e. The SMILES string of the molecule is Oc1c(Cl)ccc(F)c1[C@@H]1CCCN1. The van der Waals surface area contributed by atoms with Crippen molar-refractivity contribution in [3.8, 4) is 5.75 Å². The van der Waals surface area contributed by atoms with E-state index in [4.69, 9.17) is 11.6 Å². The molecule has 0 spiro atoms. The normalized spacial score (nSPS) is 21.4. The first-order valence-electron chi connectivity index (χ1n) is 4.60. The van der Waals surface area contributed by atoms with Crippen molar-refractivity contribution >= 4 is 11.6 Å². The Balaban J connectivity index is 2.44. The van der Waals surface area contributed by atoms with Crippen LogP contribution in [0.25, 0.3) is 0 Å². The fourth-order valence-electron chi connectivity index (χ4n) is 1.82. The predicted molar refractivity (Wildman–Crippen MR) is 53.1 cm³/mol. The van der Waals surface area contributed by atoms with Gasteiger partial charge in [-0.2, -0.15) is 0 Å². The fourth-order valence-corrected chi connectivity index (χ4v) is 1.98. The summed E-state index contributed by atoms with van der Waals surface area (Å²) in [4.78, 5) is 0. The molecule has 0 radical (unpaired) electrons. The van der Waals surface area contributed by atoms with Crippen LogP contribution in [-0.2, 0) is 0 Å². The Kier molecular flexibility index (Phi) is 2.61. The van der Waals surface area contributed by atoms with E-state index in [0.29, 0.717) is 5.56 Å². The molecule has 76 valence electrons. The highest BCUT2D eigenvalue weighted by atomic mass is 35.5. The molecule has 2 nitrogen and oxygen atoms in total. The highest BCUT2D eigenvalue weighted by Crippen LogP contribution is 2.36. The smallest absolute Gasteiger partial charge is 0.141 e. The lowest BCUT2D eigenvalue weighted by Crippen LogP contribution is -2.14. The van der Waals surface area contributed by atoms with Crippen molar-refractivity contribution < 1.29 is 9.50 Å². The molecule has 2 N–H and O–H groups in total. The number of hydrogen-bond donors (Lipinski definition) is 2. The lowest BCUT2D eigenvalue weighted by Gasteiger charge is -2.14. The van der Waals surface area contributed by atoms with E-state index in [2.05, 4.69) is 5.32 Å². The zero-order valence-corrected chi connectivity index (χ0v) is 8.31. The van der Waals surface area contributed by atoms with Gasteiger partial charge in [0.05, 0.1) is 5.02 Å². The van der Waals surface area contributed by atoms with E-state index in [1.54, 1.807) is 0 Å². The molecule has 1 aromatic carbocycles. The molecular weight excluding hydrogens is 205 g/mol. The summed E-state index contributed by atoms with van der Waals surface area (Å²) in [7, 11) is 0. The number of nitrogens with one attached hydrogen (secondary N) is 1. The monoisotopic (exact) mass is 215 g/mol.